The molecule has 2 aliphatic rings. The van der Waals surface area contributed by atoms with Gasteiger partial charge in [-0.3, -0.25) is 14.8 Å². The molecule has 2 aliphatic heterocycles. The van der Waals surface area contributed by atoms with E-state index in [4.69, 9.17) is 5.10 Å². The Hall–Kier alpha value is -4.23. The number of fused-ring (bicyclic) bond motifs is 2. The number of aromatic carboxylic acids is 1. The Kier molecular flexibility index (Phi) is 6.29. The number of benzene rings is 3. The molecule has 7 nitrogen and oxygen atoms in total. The van der Waals surface area contributed by atoms with E-state index in [2.05, 4.69) is 39.6 Å². The number of hydrogen-bond acceptors (Lipinski definition) is 4. The number of hydrogen-bond donors (Lipinski definition) is 3. The Bertz CT molecular complexity index is 1500. The third-order valence-corrected chi connectivity index (χ3v) is 7.80. The number of nitrogens with zero attached hydrogens (tertiary/aromatic N) is 2. The summed E-state index contributed by atoms with van der Waals surface area (Å²) in [5.74, 6) is -1.05. The number of rotatable bonds is 7. The summed E-state index contributed by atoms with van der Waals surface area (Å²) in [5, 5.41) is 20.5. The van der Waals surface area contributed by atoms with Crippen LogP contribution in [0.25, 0.3) is 11.1 Å². The predicted molar refractivity (Wildman–Crippen MR) is 145 cm³/mol. The summed E-state index contributed by atoms with van der Waals surface area (Å²) in [6, 6.07) is 21.1. The highest BCUT2D eigenvalue weighted by Crippen LogP contribution is 2.35. The molecule has 0 bridgehead atoms. The fourth-order valence-corrected chi connectivity index (χ4v) is 5.81. The van der Waals surface area contributed by atoms with Crippen molar-refractivity contribution in [1.29, 1.82) is 0 Å². The van der Waals surface area contributed by atoms with Crippen LogP contribution in [0.3, 0.4) is 0 Å². The molecule has 0 radical (unpaired) electrons. The average molecular weight is 507 g/mol. The fraction of sp³-hybridized carbons (Fsp3) is 0.258. The molecule has 6 rings (SSSR count). The Morgan fingerprint density at radius 3 is 2.47 bits per heavy atom. The van der Waals surface area contributed by atoms with Crippen LogP contribution in [0.1, 0.15) is 66.8 Å². The number of carbonyl (C=O) groups excluding carboxylic acids is 1. The number of aryl methyl sites for hydroxylation is 2. The van der Waals surface area contributed by atoms with Gasteiger partial charge in [0, 0.05) is 29.9 Å². The van der Waals surface area contributed by atoms with Crippen molar-refractivity contribution in [2.24, 2.45) is 0 Å². The van der Waals surface area contributed by atoms with Crippen LogP contribution in [0.5, 0.6) is 0 Å². The third-order valence-electron chi connectivity index (χ3n) is 7.80. The molecule has 1 amide bonds. The van der Waals surface area contributed by atoms with Crippen LogP contribution in [-0.4, -0.2) is 38.6 Å². The largest absolute Gasteiger partial charge is 0.478 e. The molecule has 3 aromatic carbocycles. The minimum Gasteiger partial charge on any atom is -0.478 e. The zero-order valence-electron chi connectivity index (χ0n) is 21.3. The molecule has 3 N–H and O–H groups in total. The highest BCUT2D eigenvalue weighted by atomic mass is 16.4. The first-order valence-corrected chi connectivity index (χ1v) is 13.1. The van der Waals surface area contributed by atoms with Gasteiger partial charge >= 0.3 is 5.97 Å². The number of carboxylic acids is 1. The summed E-state index contributed by atoms with van der Waals surface area (Å²) >= 11 is 0. The van der Waals surface area contributed by atoms with Gasteiger partial charge in [-0.05, 0) is 78.7 Å². The average Bonchev–Trinajstić information content (AvgIpc) is 3.53. The lowest BCUT2D eigenvalue weighted by Gasteiger charge is -2.26. The first-order valence-electron chi connectivity index (χ1n) is 13.1. The maximum absolute atomic E-state index is 13.0. The van der Waals surface area contributed by atoms with E-state index in [1.54, 1.807) is 12.1 Å². The molecular formula is C31H30N4O3. The Morgan fingerprint density at radius 1 is 1.03 bits per heavy atom. The van der Waals surface area contributed by atoms with Crippen LogP contribution in [0.15, 0.2) is 66.7 Å². The molecule has 1 aromatic heterocycles. The molecule has 3 heterocycles. The number of carbonyl (C=O) groups is 2. The highest BCUT2D eigenvalue weighted by Gasteiger charge is 2.31. The number of carboxylic acid groups (broad SMARTS) is 1. The summed E-state index contributed by atoms with van der Waals surface area (Å²) in [5.41, 5.74) is 9.55. The van der Waals surface area contributed by atoms with Crippen molar-refractivity contribution in [3.8, 4) is 11.1 Å². The molecule has 4 aromatic rings. The molecule has 0 saturated carbocycles. The molecule has 0 spiro atoms. The van der Waals surface area contributed by atoms with Gasteiger partial charge in [0.1, 0.15) is 0 Å². The second kappa shape index (κ2) is 9.91. The first kappa shape index (κ1) is 24.1. The van der Waals surface area contributed by atoms with E-state index in [-0.39, 0.29) is 17.5 Å². The minimum absolute atomic E-state index is 0.0923. The van der Waals surface area contributed by atoms with E-state index in [0.29, 0.717) is 6.42 Å². The van der Waals surface area contributed by atoms with E-state index >= 15 is 0 Å². The van der Waals surface area contributed by atoms with Crippen LogP contribution in [0.2, 0.25) is 0 Å². The normalized spacial score (nSPS) is 16.7. The van der Waals surface area contributed by atoms with Gasteiger partial charge in [-0.25, -0.2) is 4.79 Å². The minimum atomic E-state index is -0.956. The molecule has 38 heavy (non-hydrogen) atoms. The zero-order valence-corrected chi connectivity index (χ0v) is 21.3. The molecular weight excluding hydrogens is 476 g/mol. The lowest BCUT2D eigenvalue weighted by atomic mass is 9.87. The van der Waals surface area contributed by atoms with Gasteiger partial charge in [0.15, 0.2) is 0 Å². The summed E-state index contributed by atoms with van der Waals surface area (Å²) in [6.07, 6.45) is 2.41. The van der Waals surface area contributed by atoms with Gasteiger partial charge < -0.3 is 10.4 Å². The van der Waals surface area contributed by atoms with Crippen molar-refractivity contribution in [3.63, 3.8) is 0 Å². The summed E-state index contributed by atoms with van der Waals surface area (Å²) in [4.78, 5) is 26.9. The van der Waals surface area contributed by atoms with Crippen molar-refractivity contribution >= 4 is 11.9 Å². The maximum atomic E-state index is 13.0. The van der Waals surface area contributed by atoms with Crippen molar-refractivity contribution in [1.82, 2.24) is 20.4 Å². The molecule has 192 valence electrons. The maximum Gasteiger partial charge on any atom is 0.335 e. The van der Waals surface area contributed by atoms with Crippen molar-refractivity contribution in [2.75, 3.05) is 6.54 Å². The Morgan fingerprint density at radius 2 is 1.76 bits per heavy atom. The van der Waals surface area contributed by atoms with Gasteiger partial charge in [-0.2, -0.15) is 5.10 Å². The van der Waals surface area contributed by atoms with Gasteiger partial charge in [0.2, 0.25) is 0 Å². The smallest absolute Gasteiger partial charge is 0.335 e. The lowest BCUT2D eigenvalue weighted by molar-refractivity contribution is 0.0696. The van der Waals surface area contributed by atoms with Crippen molar-refractivity contribution in [3.05, 3.63) is 111 Å². The standard InChI is InChI=1S/C31H30N4O3/c1-19-6-4-9-24-25(19)16-27(32-30(24)36)29-28(20-11-13-21(14-12-20)31(37)38)26(33-34-29)10-5-15-35-17-22-7-2-3-8-23(22)18-35/h2-4,6-9,11-14,27H,5,10,15-18H2,1H3,(H,32,36)(H,33,34)(H,37,38). The monoisotopic (exact) mass is 506 g/mol. The van der Waals surface area contributed by atoms with Gasteiger partial charge in [-0.1, -0.05) is 48.5 Å². The SMILES string of the molecule is Cc1cccc2c1CC(c1n[nH]c(CCCN3Cc4ccccc4C3)c1-c1ccc(C(=O)O)cc1)NC2=O. The summed E-state index contributed by atoms with van der Waals surface area (Å²) in [6.45, 7) is 4.95. The van der Waals surface area contributed by atoms with E-state index in [1.165, 1.54) is 11.1 Å². The second-order valence-corrected chi connectivity index (χ2v) is 10.3. The molecule has 0 aliphatic carbocycles. The number of aromatic amines is 1. The first-order chi connectivity index (χ1) is 18.5. The van der Waals surface area contributed by atoms with Crippen molar-refractivity contribution in [2.45, 2.75) is 45.3 Å². The van der Waals surface area contributed by atoms with Crippen molar-refractivity contribution < 1.29 is 14.7 Å². The molecule has 1 atom stereocenters. The Balaban J connectivity index is 1.27. The molecule has 7 heteroatoms. The number of amides is 1. The van der Waals surface area contributed by atoms with Gasteiger partial charge in [0.05, 0.1) is 17.3 Å². The van der Waals surface area contributed by atoms with Gasteiger partial charge in [0.25, 0.3) is 5.91 Å². The number of H-pyrrole nitrogens is 1. The van der Waals surface area contributed by atoms with Crippen LogP contribution in [0.4, 0.5) is 0 Å². The second-order valence-electron chi connectivity index (χ2n) is 10.3. The summed E-state index contributed by atoms with van der Waals surface area (Å²) in [7, 11) is 0. The third kappa shape index (κ3) is 4.50. The van der Waals surface area contributed by atoms with E-state index in [9.17, 15) is 14.7 Å². The molecule has 0 fully saturated rings. The lowest BCUT2D eigenvalue weighted by Crippen LogP contribution is -2.36. The zero-order chi connectivity index (χ0) is 26.2. The Labute approximate surface area is 221 Å². The fourth-order valence-electron chi connectivity index (χ4n) is 5.81. The van der Waals surface area contributed by atoms with E-state index in [0.717, 1.165) is 71.7 Å². The molecule has 1 unspecified atom stereocenters. The van der Waals surface area contributed by atoms with Crippen LogP contribution < -0.4 is 5.32 Å². The van der Waals surface area contributed by atoms with E-state index < -0.39 is 5.97 Å². The topological polar surface area (TPSA) is 98.3 Å². The van der Waals surface area contributed by atoms with Gasteiger partial charge in [-0.15, -0.1) is 0 Å². The van der Waals surface area contributed by atoms with Crippen LogP contribution >= 0.6 is 0 Å². The quantitative estimate of drug-likeness (QED) is 0.326. The van der Waals surface area contributed by atoms with Crippen LogP contribution in [0, 0.1) is 6.92 Å². The number of nitrogens with one attached hydrogen (secondary N) is 2. The van der Waals surface area contributed by atoms with Crippen LogP contribution in [-0.2, 0) is 25.9 Å². The predicted octanol–water partition coefficient (Wildman–Crippen LogP) is 5.06. The summed E-state index contributed by atoms with van der Waals surface area (Å²) < 4.78 is 0. The molecule has 0 saturated heterocycles. The van der Waals surface area contributed by atoms with E-state index in [1.807, 2.05) is 37.3 Å². The highest BCUT2D eigenvalue weighted by molar-refractivity contribution is 5.97. The number of aromatic nitrogens is 2.